The van der Waals surface area contributed by atoms with E-state index in [0.717, 1.165) is 38.5 Å². The summed E-state index contributed by atoms with van der Waals surface area (Å²) in [6.07, 6.45) is 2.33. The second-order valence-corrected chi connectivity index (χ2v) is 8.14. The van der Waals surface area contributed by atoms with Gasteiger partial charge in [-0.15, -0.1) is 11.6 Å². The highest BCUT2D eigenvalue weighted by atomic mass is 35.5. The molecule has 1 aliphatic rings. The van der Waals surface area contributed by atoms with Gasteiger partial charge in [-0.05, 0) is 37.1 Å². The van der Waals surface area contributed by atoms with Gasteiger partial charge in [0.25, 0.3) is 0 Å². The highest BCUT2D eigenvalue weighted by Gasteiger charge is 2.16. The largest absolute Gasteiger partial charge is 0.301 e. The summed E-state index contributed by atoms with van der Waals surface area (Å²) >= 11 is 5.82. The second-order valence-electron chi connectivity index (χ2n) is 7.76. The van der Waals surface area contributed by atoms with Crippen molar-refractivity contribution in [3.8, 4) is 0 Å². The second kappa shape index (κ2) is 12.2. The van der Waals surface area contributed by atoms with Crippen molar-refractivity contribution >= 4 is 11.6 Å². The molecule has 3 nitrogen and oxygen atoms in total. The lowest BCUT2D eigenvalue weighted by Crippen LogP contribution is -2.47. The molecule has 0 atom stereocenters. The Labute approximate surface area is 175 Å². The summed E-state index contributed by atoms with van der Waals surface area (Å²) < 4.78 is 0. The third kappa shape index (κ3) is 7.56. The summed E-state index contributed by atoms with van der Waals surface area (Å²) in [5, 5.41) is 0. The molecule has 0 bridgehead atoms. The van der Waals surface area contributed by atoms with E-state index in [1.807, 2.05) is 0 Å². The number of hydrogen-bond donors (Lipinski definition) is 0. The van der Waals surface area contributed by atoms with Crippen molar-refractivity contribution < 1.29 is 0 Å². The zero-order valence-corrected chi connectivity index (χ0v) is 17.7. The summed E-state index contributed by atoms with van der Waals surface area (Å²) in [4.78, 5) is 7.76. The Morgan fingerprint density at radius 3 is 1.61 bits per heavy atom. The number of piperazine rings is 1. The van der Waals surface area contributed by atoms with Gasteiger partial charge in [-0.2, -0.15) is 0 Å². The van der Waals surface area contributed by atoms with Gasteiger partial charge in [0.05, 0.1) is 0 Å². The fourth-order valence-corrected chi connectivity index (χ4v) is 4.05. The molecule has 0 unspecified atom stereocenters. The van der Waals surface area contributed by atoms with Gasteiger partial charge < -0.3 is 9.80 Å². The van der Waals surface area contributed by atoms with E-state index in [1.165, 1.54) is 50.3 Å². The van der Waals surface area contributed by atoms with E-state index in [1.54, 1.807) is 0 Å². The maximum atomic E-state index is 5.82. The van der Waals surface area contributed by atoms with Gasteiger partial charge in [-0.25, -0.2) is 0 Å². The van der Waals surface area contributed by atoms with E-state index in [0.29, 0.717) is 0 Å². The van der Waals surface area contributed by atoms with Crippen molar-refractivity contribution in [3.05, 3.63) is 71.8 Å². The lowest BCUT2D eigenvalue weighted by molar-refractivity contribution is 0.126. The van der Waals surface area contributed by atoms with Gasteiger partial charge in [0.15, 0.2) is 0 Å². The molecular weight excluding hydrogens is 366 g/mol. The fourth-order valence-electron chi connectivity index (χ4n) is 3.94. The number of alkyl halides is 1. The fraction of sp³-hybridized carbons (Fsp3) is 0.500. The topological polar surface area (TPSA) is 9.72 Å². The SMILES string of the molecule is ClCCCN1CCN(CCCN(Cc2ccccc2)Cc2ccccc2)CC1. The minimum absolute atomic E-state index is 0.777. The van der Waals surface area contributed by atoms with Crippen LogP contribution in [0.2, 0.25) is 0 Å². The Kier molecular flexibility index (Phi) is 9.31. The molecule has 4 heteroatoms. The van der Waals surface area contributed by atoms with Crippen molar-refractivity contribution in [1.29, 1.82) is 0 Å². The summed E-state index contributed by atoms with van der Waals surface area (Å²) in [6.45, 7) is 10.3. The number of rotatable bonds is 11. The average Bonchev–Trinajstić information content (AvgIpc) is 2.74. The molecule has 28 heavy (non-hydrogen) atoms. The highest BCUT2D eigenvalue weighted by Crippen LogP contribution is 2.11. The Hall–Kier alpha value is -1.39. The van der Waals surface area contributed by atoms with Crippen LogP contribution in [-0.4, -0.2) is 66.4 Å². The summed E-state index contributed by atoms with van der Waals surface area (Å²) in [7, 11) is 0. The quantitative estimate of drug-likeness (QED) is 0.521. The third-order valence-corrected chi connectivity index (χ3v) is 5.79. The molecule has 2 aromatic rings. The molecule has 0 saturated carbocycles. The lowest BCUT2D eigenvalue weighted by atomic mass is 10.1. The van der Waals surface area contributed by atoms with Crippen molar-refractivity contribution in [2.24, 2.45) is 0 Å². The number of halogens is 1. The smallest absolute Gasteiger partial charge is 0.0237 e. The molecule has 1 saturated heterocycles. The zero-order valence-electron chi connectivity index (χ0n) is 17.0. The van der Waals surface area contributed by atoms with E-state index in [2.05, 4.69) is 75.4 Å². The minimum atomic E-state index is 0.777. The molecule has 0 aromatic heterocycles. The van der Waals surface area contributed by atoms with E-state index in [4.69, 9.17) is 11.6 Å². The molecule has 152 valence electrons. The summed E-state index contributed by atoms with van der Waals surface area (Å²) in [5.74, 6) is 0.777. The van der Waals surface area contributed by atoms with Gasteiger partial charge in [0.2, 0.25) is 0 Å². The number of nitrogens with zero attached hydrogens (tertiary/aromatic N) is 3. The van der Waals surface area contributed by atoms with Gasteiger partial charge in [0, 0.05) is 51.7 Å². The molecule has 1 fully saturated rings. The molecule has 2 aromatic carbocycles. The zero-order chi connectivity index (χ0) is 19.4. The van der Waals surface area contributed by atoms with Crippen LogP contribution in [0.15, 0.2) is 60.7 Å². The van der Waals surface area contributed by atoms with Crippen molar-refractivity contribution in [3.63, 3.8) is 0 Å². The summed E-state index contributed by atoms with van der Waals surface area (Å²) in [6, 6.07) is 21.7. The van der Waals surface area contributed by atoms with Crippen molar-refractivity contribution in [1.82, 2.24) is 14.7 Å². The molecule has 0 amide bonds. The molecular formula is C24H34ClN3. The van der Waals surface area contributed by atoms with Crippen molar-refractivity contribution in [2.75, 3.05) is 51.7 Å². The molecule has 1 heterocycles. The molecule has 0 aliphatic carbocycles. The molecule has 0 spiro atoms. The first-order valence-electron chi connectivity index (χ1n) is 10.6. The van der Waals surface area contributed by atoms with Crippen LogP contribution in [0.3, 0.4) is 0 Å². The predicted octanol–water partition coefficient (Wildman–Crippen LogP) is 4.33. The van der Waals surface area contributed by atoms with Crippen LogP contribution in [0.25, 0.3) is 0 Å². The lowest BCUT2D eigenvalue weighted by Gasteiger charge is -2.35. The first kappa shape index (κ1) is 21.3. The van der Waals surface area contributed by atoms with Crippen LogP contribution < -0.4 is 0 Å². The standard InChI is InChI=1S/C24H34ClN3/c25-13-7-14-26-17-19-27(20-18-26)15-8-16-28(21-23-9-3-1-4-10-23)22-24-11-5-2-6-12-24/h1-6,9-12H,7-8,13-22H2. The molecule has 1 aliphatic heterocycles. The van der Waals surface area contributed by atoms with Crippen LogP contribution in [0.1, 0.15) is 24.0 Å². The van der Waals surface area contributed by atoms with E-state index >= 15 is 0 Å². The minimum Gasteiger partial charge on any atom is -0.301 e. The number of hydrogen-bond acceptors (Lipinski definition) is 3. The van der Waals surface area contributed by atoms with Gasteiger partial charge in [-0.1, -0.05) is 60.7 Å². The number of benzene rings is 2. The Balaban J connectivity index is 1.45. The first-order valence-corrected chi connectivity index (χ1v) is 11.2. The van der Waals surface area contributed by atoms with Gasteiger partial charge in [-0.3, -0.25) is 4.90 Å². The van der Waals surface area contributed by atoms with Crippen LogP contribution >= 0.6 is 11.6 Å². The van der Waals surface area contributed by atoms with E-state index in [9.17, 15) is 0 Å². The summed E-state index contributed by atoms with van der Waals surface area (Å²) in [5.41, 5.74) is 2.79. The predicted molar refractivity (Wildman–Crippen MR) is 120 cm³/mol. The van der Waals surface area contributed by atoms with Crippen LogP contribution in [0.5, 0.6) is 0 Å². The Morgan fingerprint density at radius 1 is 0.679 bits per heavy atom. The van der Waals surface area contributed by atoms with Crippen LogP contribution in [0, 0.1) is 0 Å². The maximum absolute atomic E-state index is 5.82. The molecule has 0 N–H and O–H groups in total. The highest BCUT2D eigenvalue weighted by molar-refractivity contribution is 6.17. The normalized spacial score (nSPS) is 15.9. The van der Waals surface area contributed by atoms with Gasteiger partial charge >= 0.3 is 0 Å². The Bertz CT molecular complexity index is 600. The van der Waals surface area contributed by atoms with Crippen LogP contribution in [0.4, 0.5) is 0 Å². The van der Waals surface area contributed by atoms with Crippen molar-refractivity contribution in [2.45, 2.75) is 25.9 Å². The molecule has 3 rings (SSSR count). The first-order chi connectivity index (χ1) is 13.8. The third-order valence-electron chi connectivity index (χ3n) is 5.52. The molecule has 0 radical (unpaired) electrons. The van der Waals surface area contributed by atoms with E-state index < -0.39 is 0 Å². The monoisotopic (exact) mass is 399 g/mol. The Morgan fingerprint density at radius 2 is 1.14 bits per heavy atom. The average molecular weight is 400 g/mol. The van der Waals surface area contributed by atoms with Gasteiger partial charge in [0.1, 0.15) is 0 Å². The van der Waals surface area contributed by atoms with E-state index in [-0.39, 0.29) is 0 Å². The maximum Gasteiger partial charge on any atom is 0.0237 e. The van der Waals surface area contributed by atoms with Crippen LogP contribution in [-0.2, 0) is 13.1 Å².